The molecule has 34 heavy (non-hydrogen) atoms. The third-order valence-electron chi connectivity index (χ3n) is 4.82. The quantitative estimate of drug-likeness (QED) is 0.348. The standard InChI is InChI=1S/C24H23N3O5S2/c1-15-7-12-21(16(2)13-15)27-34(30,31)20-10-8-19(9-11-20)25-24(33)26-22(28)17-5-4-6-18(14-17)23(29)32-3/h4-14,27H,1-3H3,(H2,25,26,28,33). The molecule has 0 fully saturated rings. The monoisotopic (exact) mass is 497 g/mol. The molecule has 8 nitrogen and oxygen atoms in total. The van der Waals surface area contributed by atoms with Crippen molar-refractivity contribution >= 4 is 50.6 Å². The SMILES string of the molecule is COC(=O)c1cccc(C(=O)NC(=S)Nc2ccc(S(=O)(=O)Nc3ccc(C)cc3C)cc2)c1. The second-order valence-electron chi connectivity index (χ2n) is 7.43. The third-order valence-corrected chi connectivity index (χ3v) is 6.41. The molecule has 0 aliphatic carbocycles. The molecule has 3 aromatic carbocycles. The number of methoxy groups -OCH3 is 1. The Balaban J connectivity index is 1.64. The van der Waals surface area contributed by atoms with Crippen molar-refractivity contribution in [1.29, 1.82) is 0 Å². The van der Waals surface area contributed by atoms with Crippen molar-refractivity contribution in [2.45, 2.75) is 18.7 Å². The summed E-state index contributed by atoms with van der Waals surface area (Å²) in [5.74, 6) is -1.07. The van der Waals surface area contributed by atoms with Crippen LogP contribution in [0.25, 0.3) is 0 Å². The number of carbonyl (C=O) groups excluding carboxylic acids is 2. The highest BCUT2D eigenvalue weighted by molar-refractivity contribution is 7.92. The van der Waals surface area contributed by atoms with Crippen LogP contribution in [-0.2, 0) is 14.8 Å². The van der Waals surface area contributed by atoms with Crippen LogP contribution in [0.2, 0.25) is 0 Å². The summed E-state index contributed by atoms with van der Waals surface area (Å²) in [5.41, 5.74) is 3.31. The van der Waals surface area contributed by atoms with Gasteiger partial charge in [0.2, 0.25) is 0 Å². The van der Waals surface area contributed by atoms with Crippen molar-refractivity contribution in [3.8, 4) is 0 Å². The summed E-state index contributed by atoms with van der Waals surface area (Å²) >= 11 is 5.17. The van der Waals surface area contributed by atoms with Crippen LogP contribution >= 0.6 is 12.2 Å². The average Bonchev–Trinajstić information content (AvgIpc) is 2.80. The number of rotatable bonds is 6. The van der Waals surface area contributed by atoms with E-state index in [1.165, 1.54) is 49.6 Å². The molecule has 0 saturated heterocycles. The van der Waals surface area contributed by atoms with E-state index in [0.717, 1.165) is 11.1 Å². The summed E-state index contributed by atoms with van der Waals surface area (Å²) in [6.07, 6.45) is 0. The number of nitrogens with one attached hydrogen (secondary N) is 3. The minimum atomic E-state index is -3.78. The Morgan fingerprint density at radius 2 is 1.59 bits per heavy atom. The smallest absolute Gasteiger partial charge is 0.337 e. The number of amides is 1. The number of benzene rings is 3. The van der Waals surface area contributed by atoms with Crippen LogP contribution in [0.15, 0.2) is 71.6 Å². The number of hydrogen-bond donors (Lipinski definition) is 3. The van der Waals surface area contributed by atoms with Gasteiger partial charge in [-0.3, -0.25) is 14.8 Å². The maximum atomic E-state index is 12.7. The number of aryl methyl sites for hydroxylation is 2. The highest BCUT2D eigenvalue weighted by Crippen LogP contribution is 2.22. The lowest BCUT2D eigenvalue weighted by atomic mass is 10.1. The van der Waals surface area contributed by atoms with Crippen molar-refractivity contribution in [3.63, 3.8) is 0 Å². The highest BCUT2D eigenvalue weighted by atomic mass is 32.2. The fourth-order valence-corrected chi connectivity index (χ4v) is 4.43. The predicted molar refractivity (Wildman–Crippen MR) is 135 cm³/mol. The van der Waals surface area contributed by atoms with E-state index in [-0.39, 0.29) is 21.1 Å². The lowest BCUT2D eigenvalue weighted by Gasteiger charge is -2.13. The fraction of sp³-hybridized carbons (Fsp3) is 0.125. The molecule has 0 radical (unpaired) electrons. The first kappa shape index (κ1) is 24.9. The van der Waals surface area contributed by atoms with Gasteiger partial charge < -0.3 is 10.1 Å². The molecule has 176 valence electrons. The average molecular weight is 498 g/mol. The first-order valence-corrected chi connectivity index (χ1v) is 12.0. The molecular formula is C24H23N3O5S2. The molecule has 10 heteroatoms. The summed E-state index contributed by atoms with van der Waals surface area (Å²) < 4.78 is 32.7. The Kier molecular flexibility index (Phi) is 7.64. The number of carbonyl (C=O) groups is 2. The number of ether oxygens (including phenoxy) is 1. The number of sulfonamides is 1. The molecular weight excluding hydrogens is 474 g/mol. The molecule has 3 aromatic rings. The van der Waals surface area contributed by atoms with Gasteiger partial charge in [-0.15, -0.1) is 0 Å². The summed E-state index contributed by atoms with van der Waals surface area (Å²) in [6, 6.07) is 17.4. The number of esters is 1. The van der Waals surface area contributed by atoms with Crippen molar-refractivity contribution in [2.24, 2.45) is 0 Å². The van der Waals surface area contributed by atoms with Gasteiger partial charge >= 0.3 is 5.97 Å². The van der Waals surface area contributed by atoms with Gasteiger partial charge in [0, 0.05) is 11.3 Å². The number of anilines is 2. The zero-order valence-corrected chi connectivity index (χ0v) is 20.3. The molecule has 3 N–H and O–H groups in total. The van der Waals surface area contributed by atoms with Crippen LogP contribution in [0.3, 0.4) is 0 Å². The molecule has 0 saturated carbocycles. The van der Waals surface area contributed by atoms with Crippen LogP contribution in [-0.4, -0.2) is 32.5 Å². The minimum Gasteiger partial charge on any atom is -0.465 e. The molecule has 0 spiro atoms. The normalized spacial score (nSPS) is 10.8. The molecule has 1 amide bonds. The lowest BCUT2D eigenvalue weighted by Crippen LogP contribution is -2.34. The van der Waals surface area contributed by atoms with Gasteiger partial charge in [-0.05, 0) is 80.2 Å². The Labute approximate surface area is 203 Å². The Morgan fingerprint density at radius 3 is 2.24 bits per heavy atom. The van der Waals surface area contributed by atoms with E-state index in [1.54, 1.807) is 12.1 Å². The van der Waals surface area contributed by atoms with E-state index in [0.29, 0.717) is 11.4 Å². The maximum Gasteiger partial charge on any atom is 0.337 e. The van der Waals surface area contributed by atoms with Crippen LogP contribution in [0, 0.1) is 13.8 Å². The Hall–Kier alpha value is -3.76. The highest BCUT2D eigenvalue weighted by Gasteiger charge is 2.16. The van der Waals surface area contributed by atoms with E-state index < -0.39 is 21.9 Å². The van der Waals surface area contributed by atoms with E-state index in [2.05, 4.69) is 20.1 Å². The molecule has 0 aliphatic heterocycles. The van der Waals surface area contributed by atoms with Crippen LogP contribution < -0.4 is 15.4 Å². The molecule has 0 unspecified atom stereocenters. The molecule has 3 rings (SSSR count). The van der Waals surface area contributed by atoms with E-state index in [9.17, 15) is 18.0 Å². The van der Waals surface area contributed by atoms with Gasteiger partial charge in [0.1, 0.15) is 0 Å². The summed E-state index contributed by atoms with van der Waals surface area (Å²) in [5, 5.41) is 5.35. The van der Waals surface area contributed by atoms with Crippen LogP contribution in [0.4, 0.5) is 11.4 Å². The van der Waals surface area contributed by atoms with Crippen molar-refractivity contribution in [2.75, 3.05) is 17.1 Å². The molecule has 0 aromatic heterocycles. The van der Waals surface area contributed by atoms with Crippen molar-refractivity contribution in [1.82, 2.24) is 5.32 Å². The van der Waals surface area contributed by atoms with E-state index in [4.69, 9.17) is 12.2 Å². The predicted octanol–water partition coefficient (Wildman–Crippen LogP) is 4.02. The van der Waals surface area contributed by atoms with Gasteiger partial charge in [-0.25, -0.2) is 13.2 Å². The van der Waals surface area contributed by atoms with Gasteiger partial charge in [0.15, 0.2) is 5.11 Å². The van der Waals surface area contributed by atoms with Gasteiger partial charge in [0.25, 0.3) is 15.9 Å². The maximum absolute atomic E-state index is 12.7. The van der Waals surface area contributed by atoms with Crippen LogP contribution in [0.1, 0.15) is 31.8 Å². The van der Waals surface area contributed by atoms with Crippen molar-refractivity contribution < 1.29 is 22.7 Å². The van der Waals surface area contributed by atoms with E-state index in [1.807, 2.05) is 26.0 Å². The second-order valence-corrected chi connectivity index (χ2v) is 9.52. The number of thiocarbonyl (C=S) groups is 1. The summed E-state index contributed by atoms with van der Waals surface area (Å²) in [7, 11) is -2.53. The zero-order chi connectivity index (χ0) is 24.9. The van der Waals surface area contributed by atoms with Gasteiger partial charge in [-0.1, -0.05) is 23.8 Å². The minimum absolute atomic E-state index is 0.0116. The first-order valence-electron chi connectivity index (χ1n) is 10.1. The lowest BCUT2D eigenvalue weighted by molar-refractivity contribution is 0.0600. The van der Waals surface area contributed by atoms with Crippen molar-refractivity contribution in [3.05, 3.63) is 89.0 Å². The summed E-state index contributed by atoms with van der Waals surface area (Å²) in [6.45, 7) is 3.77. The molecule has 0 aliphatic rings. The second kappa shape index (κ2) is 10.4. The Bertz CT molecular complexity index is 1350. The third kappa shape index (κ3) is 6.18. The van der Waals surface area contributed by atoms with Gasteiger partial charge in [-0.2, -0.15) is 0 Å². The van der Waals surface area contributed by atoms with Gasteiger partial charge in [0.05, 0.1) is 23.3 Å². The van der Waals surface area contributed by atoms with E-state index >= 15 is 0 Å². The zero-order valence-electron chi connectivity index (χ0n) is 18.7. The largest absolute Gasteiger partial charge is 0.465 e. The number of hydrogen-bond acceptors (Lipinski definition) is 6. The molecule has 0 heterocycles. The molecule has 0 bridgehead atoms. The molecule has 0 atom stereocenters. The Morgan fingerprint density at radius 1 is 0.912 bits per heavy atom. The summed E-state index contributed by atoms with van der Waals surface area (Å²) in [4.78, 5) is 24.2. The van der Waals surface area contributed by atoms with Crippen LogP contribution in [0.5, 0.6) is 0 Å². The first-order chi connectivity index (χ1) is 16.1. The topological polar surface area (TPSA) is 114 Å². The fourth-order valence-electron chi connectivity index (χ4n) is 3.09.